The van der Waals surface area contributed by atoms with Gasteiger partial charge < -0.3 is 10.0 Å². The van der Waals surface area contributed by atoms with Crippen molar-refractivity contribution in [3.8, 4) is 0 Å². The van der Waals surface area contributed by atoms with Gasteiger partial charge in [0.1, 0.15) is 0 Å². The summed E-state index contributed by atoms with van der Waals surface area (Å²) in [5.74, 6) is -0.987. The fraction of sp³-hybridized carbons (Fsp3) is 0.385. The number of carbonyl (C=O) groups is 2. The molecule has 0 aliphatic carbocycles. The van der Waals surface area contributed by atoms with Gasteiger partial charge in [-0.2, -0.15) is 0 Å². The van der Waals surface area contributed by atoms with Crippen LogP contribution in [0.2, 0.25) is 0 Å². The van der Waals surface area contributed by atoms with Gasteiger partial charge in [0.15, 0.2) is 0 Å². The third-order valence-electron chi connectivity index (χ3n) is 2.93. The Balaban J connectivity index is 2.38. The number of hydrogen-bond donors (Lipinski definition) is 1. The maximum absolute atomic E-state index is 11.8. The van der Waals surface area contributed by atoms with E-state index in [1.807, 2.05) is 19.9 Å². The first-order valence-electron chi connectivity index (χ1n) is 5.62. The highest BCUT2D eigenvalue weighted by atomic mass is 16.3. The van der Waals surface area contributed by atoms with Crippen molar-refractivity contribution < 1.29 is 14.7 Å². The van der Waals surface area contributed by atoms with Gasteiger partial charge in [-0.15, -0.1) is 0 Å². The zero-order valence-electron chi connectivity index (χ0n) is 9.93. The first kappa shape index (κ1) is 11.8. The fourth-order valence-corrected chi connectivity index (χ4v) is 1.96. The predicted octanol–water partition coefficient (Wildman–Crippen LogP) is 1.15. The predicted molar refractivity (Wildman–Crippen MR) is 64.1 cm³/mol. The molecule has 1 aromatic carbocycles. The SMILES string of the molecule is Cc1ccc2c(c1)C(=O)C(=O)N2CC(C)CO. The zero-order valence-corrected chi connectivity index (χ0v) is 9.93. The maximum Gasteiger partial charge on any atom is 0.299 e. The standard InChI is InChI=1S/C13H15NO3/c1-8-3-4-11-10(5-8)12(16)13(17)14(11)6-9(2)7-15/h3-5,9,15H,6-7H2,1-2H3. The number of Topliss-reactive ketones (excluding diaryl/α,β-unsaturated/α-hetero) is 1. The second kappa shape index (κ2) is 4.30. The monoisotopic (exact) mass is 233 g/mol. The van der Waals surface area contributed by atoms with Gasteiger partial charge in [-0.3, -0.25) is 9.59 Å². The van der Waals surface area contributed by atoms with Gasteiger partial charge in [-0.25, -0.2) is 0 Å². The number of aryl methyl sites for hydroxylation is 1. The van der Waals surface area contributed by atoms with Crippen molar-refractivity contribution in [3.63, 3.8) is 0 Å². The molecule has 1 aliphatic rings. The zero-order chi connectivity index (χ0) is 12.6. The van der Waals surface area contributed by atoms with Crippen LogP contribution >= 0.6 is 0 Å². The molecule has 0 saturated heterocycles. The molecule has 4 heteroatoms. The number of hydrogen-bond acceptors (Lipinski definition) is 3. The number of fused-ring (bicyclic) bond motifs is 1. The highest BCUT2D eigenvalue weighted by Gasteiger charge is 2.36. The highest BCUT2D eigenvalue weighted by molar-refractivity contribution is 6.52. The minimum absolute atomic E-state index is 0.000828. The van der Waals surface area contributed by atoms with E-state index in [9.17, 15) is 9.59 Å². The van der Waals surface area contributed by atoms with E-state index in [-0.39, 0.29) is 12.5 Å². The minimum Gasteiger partial charge on any atom is -0.396 e. The number of nitrogens with zero attached hydrogens (tertiary/aromatic N) is 1. The van der Waals surface area contributed by atoms with E-state index >= 15 is 0 Å². The summed E-state index contributed by atoms with van der Waals surface area (Å²) in [6.07, 6.45) is 0. The minimum atomic E-state index is -0.495. The molecule has 1 N–H and O–H groups in total. The number of rotatable bonds is 3. The molecule has 0 fully saturated rings. The normalized spacial score (nSPS) is 16.3. The van der Waals surface area contributed by atoms with Gasteiger partial charge in [0.2, 0.25) is 0 Å². The molecule has 4 nitrogen and oxygen atoms in total. The van der Waals surface area contributed by atoms with Crippen molar-refractivity contribution in [1.82, 2.24) is 0 Å². The van der Waals surface area contributed by atoms with Crippen LogP contribution < -0.4 is 4.90 Å². The molecule has 0 saturated carbocycles. The van der Waals surface area contributed by atoms with Crippen molar-refractivity contribution in [3.05, 3.63) is 29.3 Å². The van der Waals surface area contributed by atoms with Crippen LogP contribution in [0.1, 0.15) is 22.8 Å². The summed E-state index contributed by atoms with van der Waals surface area (Å²) in [5, 5.41) is 9.02. The van der Waals surface area contributed by atoms with Crippen molar-refractivity contribution in [2.45, 2.75) is 13.8 Å². The summed E-state index contributed by atoms with van der Waals surface area (Å²) in [6, 6.07) is 5.40. The van der Waals surface area contributed by atoms with Crippen LogP contribution in [0, 0.1) is 12.8 Å². The van der Waals surface area contributed by atoms with Crippen LogP contribution in [-0.4, -0.2) is 29.9 Å². The lowest BCUT2D eigenvalue weighted by molar-refractivity contribution is -0.114. The summed E-state index contributed by atoms with van der Waals surface area (Å²) in [4.78, 5) is 25.1. The van der Waals surface area contributed by atoms with E-state index in [4.69, 9.17) is 5.11 Å². The molecular formula is C13H15NO3. The van der Waals surface area contributed by atoms with Crippen LogP contribution in [-0.2, 0) is 4.79 Å². The number of carbonyl (C=O) groups excluding carboxylic acids is 2. The average Bonchev–Trinajstić information content (AvgIpc) is 2.54. The Morgan fingerprint density at radius 1 is 1.35 bits per heavy atom. The number of ketones is 1. The van der Waals surface area contributed by atoms with Crippen molar-refractivity contribution in [2.75, 3.05) is 18.1 Å². The third kappa shape index (κ3) is 1.96. The Labute approximate surface area is 99.9 Å². The van der Waals surface area contributed by atoms with Crippen LogP contribution in [0.3, 0.4) is 0 Å². The van der Waals surface area contributed by atoms with Crippen molar-refractivity contribution >= 4 is 17.4 Å². The summed E-state index contributed by atoms with van der Waals surface area (Å²) < 4.78 is 0. The second-order valence-corrected chi connectivity index (χ2v) is 4.55. The largest absolute Gasteiger partial charge is 0.396 e. The lowest BCUT2D eigenvalue weighted by Crippen LogP contribution is -2.34. The van der Waals surface area contributed by atoms with E-state index in [1.165, 1.54) is 4.90 Å². The van der Waals surface area contributed by atoms with Crippen LogP contribution in [0.25, 0.3) is 0 Å². The quantitative estimate of drug-likeness (QED) is 0.797. The molecule has 1 atom stereocenters. The third-order valence-corrected chi connectivity index (χ3v) is 2.93. The molecule has 1 amide bonds. The molecule has 2 rings (SSSR count). The van der Waals surface area contributed by atoms with Crippen molar-refractivity contribution in [1.29, 1.82) is 0 Å². The Kier molecular flexibility index (Phi) is 2.98. The van der Waals surface area contributed by atoms with Gasteiger partial charge in [0.25, 0.3) is 11.7 Å². The summed E-state index contributed by atoms with van der Waals surface area (Å²) in [6.45, 7) is 4.09. The highest BCUT2D eigenvalue weighted by Crippen LogP contribution is 2.30. The van der Waals surface area contributed by atoms with Crippen molar-refractivity contribution in [2.24, 2.45) is 5.92 Å². The lowest BCUT2D eigenvalue weighted by atomic mass is 10.1. The van der Waals surface area contributed by atoms with Gasteiger partial charge in [-0.1, -0.05) is 18.6 Å². The summed E-state index contributed by atoms with van der Waals surface area (Å²) >= 11 is 0. The summed E-state index contributed by atoms with van der Waals surface area (Å²) in [5.41, 5.74) is 2.09. The van der Waals surface area contributed by atoms with E-state index < -0.39 is 11.7 Å². The molecule has 1 unspecified atom stereocenters. The smallest absolute Gasteiger partial charge is 0.299 e. The van der Waals surface area contributed by atoms with Gasteiger partial charge in [0.05, 0.1) is 11.3 Å². The van der Waals surface area contributed by atoms with Crippen LogP contribution in [0.5, 0.6) is 0 Å². The van der Waals surface area contributed by atoms with Gasteiger partial charge in [0, 0.05) is 13.2 Å². The Hall–Kier alpha value is -1.68. The lowest BCUT2D eigenvalue weighted by Gasteiger charge is -2.19. The number of benzene rings is 1. The molecule has 1 aliphatic heterocycles. The number of aliphatic hydroxyl groups is 1. The number of anilines is 1. The number of amides is 1. The Bertz CT molecular complexity index is 482. The fourth-order valence-electron chi connectivity index (χ4n) is 1.96. The Morgan fingerprint density at radius 2 is 2.06 bits per heavy atom. The van der Waals surface area contributed by atoms with Gasteiger partial charge in [-0.05, 0) is 25.0 Å². The van der Waals surface area contributed by atoms with Gasteiger partial charge >= 0.3 is 0 Å². The Morgan fingerprint density at radius 3 is 2.71 bits per heavy atom. The molecule has 1 aromatic rings. The maximum atomic E-state index is 11.8. The number of aliphatic hydroxyl groups excluding tert-OH is 1. The molecule has 90 valence electrons. The van der Waals surface area contributed by atoms with Crippen LogP contribution in [0.15, 0.2) is 18.2 Å². The first-order chi connectivity index (χ1) is 8.04. The molecule has 0 spiro atoms. The van der Waals surface area contributed by atoms with E-state index in [1.54, 1.807) is 12.1 Å². The molecule has 17 heavy (non-hydrogen) atoms. The van der Waals surface area contributed by atoms with E-state index in [2.05, 4.69) is 0 Å². The van der Waals surface area contributed by atoms with Crippen LogP contribution in [0.4, 0.5) is 5.69 Å². The molecule has 0 bridgehead atoms. The summed E-state index contributed by atoms with van der Waals surface area (Å²) in [7, 11) is 0. The topological polar surface area (TPSA) is 57.6 Å². The van der Waals surface area contributed by atoms with E-state index in [0.717, 1.165) is 5.56 Å². The molecule has 0 radical (unpaired) electrons. The second-order valence-electron chi connectivity index (χ2n) is 4.55. The average molecular weight is 233 g/mol. The molecular weight excluding hydrogens is 218 g/mol. The van der Waals surface area contributed by atoms with E-state index in [0.29, 0.717) is 17.8 Å². The first-order valence-corrected chi connectivity index (χ1v) is 5.62. The molecule has 0 aromatic heterocycles. The molecule has 1 heterocycles.